The molecule has 0 radical (unpaired) electrons. The quantitative estimate of drug-likeness (QED) is 0.793. The van der Waals surface area contributed by atoms with Gasteiger partial charge in [-0.05, 0) is 6.42 Å². The van der Waals surface area contributed by atoms with Gasteiger partial charge in [0.05, 0.1) is 12.4 Å². The summed E-state index contributed by atoms with van der Waals surface area (Å²) in [6, 6.07) is -0.0322. The van der Waals surface area contributed by atoms with Gasteiger partial charge in [0.25, 0.3) is 5.91 Å². The van der Waals surface area contributed by atoms with E-state index in [-0.39, 0.29) is 23.6 Å². The second kappa shape index (κ2) is 5.64. The van der Waals surface area contributed by atoms with Crippen molar-refractivity contribution in [2.75, 3.05) is 26.0 Å². The normalized spacial score (nSPS) is 19.2. The fourth-order valence-electron chi connectivity index (χ4n) is 1.99. The number of hydrogen-bond acceptors (Lipinski definition) is 5. The summed E-state index contributed by atoms with van der Waals surface area (Å²) in [6.07, 6.45) is 4.09. The summed E-state index contributed by atoms with van der Waals surface area (Å²) in [5.74, 6) is 0.392. The first-order chi connectivity index (χ1) is 9.10. The van der Waals surface area contributed by atoms with Crippen LogP contribution in [0.1, 0.15) is 23.3 Å². The highest BCUT2D eigenvalue weighted by atomic mass is 16.2. The van der Waals surface area contributed by atoms with Gasteiger partial charge in [0, 0.05) is 33.1 Å². The standard InChI is InChI=1S/C12H17N5O2/c1-13-10-6-14-5-9(16-10)12(19)15-8-3-4-11(18)17(2)7-8/h5-6,8H,3-4,7H2,1-2H3,(H,13,16)(H,15,19). The molecule has 7 nitrogen and oxygen atoms in total. The zero-order valence-electron chi connectivity index (χ0n) is 11.0. The lowest BCUT2D eigenvalue weighted by Crippen LogP contribution is -2.48. The molecular weight excluding hydrogens is 246 g/mol. The van der Waals surface area contributed by atoms with Crippen LogP contribution in [0.5, 0.6) is 0 Å². The molecule has 1 saturated heterocycles. The maximum absolute atomic E-state index is 12.0. The van der Waals surface area contributed by atoms with Crippen LogP contribution in [0.3, 0.4) is 0 Å². The number of piperidine rings is 1. The van der Waals surface area contributed by atoms with E-state index in [1.807, 2.05) is 0 Å². The monoisotopic (exact) mass is 263 g/mol. The molecule has 7 heteroatoms. The molecule has 0 aromatic carbocycles. The van der Waals surface area contributed by atoms with Gasteiger partial charge in [0.2, 0.25) is 5.91 Å². The average molecular weight is 263 g/mol. The number of aromatic nitrogens is 2. The van der Waals surface area contributed by atoms with Gasteiger partial charge >= 0.3 is 0 Å². The number of carbonyl (C=O) groups is 2. The summed E-state index contributed by atoms with van der Waals surface area (Å²) in [7, 11) is 3.45. The molecule has 0 spiro atoms. The third kappa shape index (κ3) is 3.18. The Labute approximate surface area is 111 Å². The van der Waals surface area contributed by atoms with Crippen molar-refractivity contribution in [2.24, 2.45) is 0 Å². The molecule has 1 unspecified atom stereocenters. The Morgan fingerprint density at radius 3 is 2.95 bits per heavy atom. The number of likely N-dealkylation sites (N-methyl/N-ethyl adjacent to an activating group) is 1. The Bertz CT molecular complexity index is 491. The molecule has 1 aliphatic rings. The number of likely N-dealkylation sites (tertiary alicyclic amines) is 1. The van der Waals surface area contributed by atoms with E-state index < -0.39 is 0 Å². The summed E-state index contributed by atoms with van der Waals surface area (Å²) in [6.45, 7) is 0.531. The lowest BCUT2D eigenvalue weighted by Gasteiger charge is -2.30. The Balaban J connectivity index is 1.99. The van der Waals surface area contributed by atoms with E-state index in [0.717, 1.165) is 0 Å². The molecule has 1 aromatic heterocycles. The van der Waals surface area contributed by atoms with E-state index in [9.17, 15) is 9.59 Å². The van der Waals surface area contributed by atoms with Gasteiger partial charge in [-0.2, -0.15) is 0 Å². The van der Waals surface area contributed by atoms with Crippen molar-refractivity contribution in [3.8, 4) is 0 Å². The maximum Gasteiger partial charge on any atom is 0.271 e. The molecule has 2 N–H and O–H groups in total. The van der Waals surface area contributed by atoms with E-state index >= 15 is 0 Å². The predicted molar refractivity (Wildman–Crippen MR) is 69.7 cm³/mol. The number of rotatable bonds is 3. The van der Waals surface area contributed by atoms with Crippen LogP contribution in [0.2, 0.25) is 0 Å². The summed E-state index contributed by atoms with van der Waals surface area (Å²) >= 11 is 0. The highest BCUT2D eigenvalue weighted by molar-refractivity contribution is 5.92. The minimum absolute atomic E-state index is 0.0322. The Kier molecular flexibility index (Phi) is 3.94. The number of carbonyl (C=O) groups excluding carboxylic acids is 2. The van der Waals surface area contributed by atoms with Crippen molar-refractivity contribution < 1.29 is 9.59 Å². The molecule has 102 valence electrons. The summed E-state index contributed by atoms with van der Waals surface area (Å²) in [4.78, 5) is 33.1. The first-order valence-electron chi connectivity index (χ1n) is 6.14. The summed E-state index contributed by atoms with van der Waals surface area (Å²) in [5, 5.41) is 5.71. The summed E-state index contributed by atoms with van der Waals surface area (Å²) < 4.78 is 0. The number of hydrogen-bond donors (Lipinski definition) is 2. The van der Waals surface area contributed by atoms with Crippen LogP contribution in [0.25, 0.3) is 0 Å². The van der Waals surface area contributed by atoms with Gasteiger partial charge in [0.1, 0.15) is 11.5 Å². The molecule has 2 rings (SSSR count). The lowest BCUT2D eigenvalue weighted by molar-refractivity contribution is -0.132. The van der Waals surface area contributed by atoms with Crippen LogP contribution in [0, 0.1) is 0 Å². The van der Waals surface area contributed by atoms with Crippen LogP contribution in [-0.2, 0) is 4.79 Å². The number of amides is 2. The van der Waals surface area contributed by atoms with Crippen LogP contribution in [0.15, 0.2) is 12.4 Å². The van der Waals surface area contributed by atoms with Crippen molar-refractivity contribution in [2.45, 2.75) is 18.9 Å². The fourth-order valence-corrected chi connectivity index (χ4v) is 1.99. The van der Waals surface area contributed by atoms with Crippen molar-refractivity contribution in [3.63, 3.8) is 0 Å². The number of nitrogens with one attached hydrogen (secondary N) is 2. The number of anilines is 1. The van der Waals surface area contributed by atoms with Gasteiger partial charge < -0.3 is 15.5 Å². The largest absolute Gasteiger partial charge is 0.372 e. The third-order valence-corrected chi connectivity index (χ3v) is 3.09. The predicted octanol–water partition coefficient (Wildman–Crippen LogP) is -0.131. The zero-order valence-corrected chi connectivity index (χ0v) is 11.0. The zero-order chi connectivity index (χ0) is 13.8. The van der Waals surface area contributed by atoms with Crippen molar-refractivity contribution in [1.29, 1.82) is 0 Å². The molecule has 0 saturated carbocycles. The van der Waals surface area contributed by atoms with E-state index in [0.29, 0.717) is 25.2 Å². The molecule has 2 heterocycles. The number of nitrogens with zero attached hydrogens (tertiary/aromatic N) is 3. The fraction of sp³-hybridized carbons (Fsp3) is 0.500. The molecule has 1 aromatic rings. The maximum atomic E-state index is 12.0. The van der Waals surface area contributed by atoms with E-state index in [2.05, 4.69) is 20.6 Å². The van der Waals surface area contributed by atoms with Crippen molar-refractivity contribution in [3.05, 3.63) is 18.1 Å². The van der Waals surface area contributed by atoms with E-state index in [1.54, 1.807) is 25.2 Å². The van der Waals surface area contributed by atoms with Crippen LogP contribution >= 0.6 is 0 Å². The van der Waals surface area contributed by atoms with Crippen LogP contribution in [-0.4, -0.2) is 53.4 Å². The minimum atomic E-state index is -0.266. The van der Waals surface area contributed by atoms with Crippen LogP contribution < -0.4 is 10.6 Å². The first-order valence-corrected chi connectivity index (χ1v) is 6.14. The van der Waals surface area contributed by atoms with Crippen molar-refractivity contribution >= 4 is 17.6 Å². The first kappa shape index (κ1) is 13.3. The van der Waals surface area contributed by atoms with Crippen LogP contribution in [0.4, 0.5) is 5.82 Å². The highest BCUT2D eigenvalue weighted by Crippen LogP contribution is 2.10. The Morgan fingerprint density at radius 2 is 2.26 bits per heavy atom. The smallest absolute Gasteiger partial charge is 0.271 e. The minimum Gasteiger partial charge on any atom is -0.372 e. The van der Waals surface area contributed by atoms with Gasteiger partial charge in [0.15, 0.2) is 0 Å². The molecule has 0 bridgehead atoms. The van der Waals surface area contributed by atoms with E-state index in [1.165, 1.54) is 6.20 Å². The molecule has 2 amide bonds. The highest BCUT2D eigenvalue weighted by Gasteiger charge is 2.24. The Morgan fingerprint density at radius 1 is 1.47 bits per heavy atom. The van der Waals surface area contributed by atoms with Gasteiger partial charge in [-0.25, -0.2) is 4.98 Å². The SMILES string of the molecule is CNc1cncc(C(=O)NC2CCC(=O)N(C)C2)n1. The molecule has 1 aliphatic heterocycles. The molecule has 0 aliphatic carbocycles. The average Bonchev–Trinajstić information content (AvgIpc) is 2.43. The van der Waals surface area contributed by atoms with Gasteiger partial charge in [-0.1, -0.05) is 0 Å². The third-order valence-electron chi connectivity index (χ3n) is 3.09. The second-order valence-electron chi connectivity index (χ2n) is 4.52. The molecule has 1 atom stereocenters. The van der Waals surface area contributed by atoms with E-state index in [4.69, 9.17) is 0 Å². The Hall–Kier alpha value is -2.18. The van der Waals surface area contributed by atoms with Gasteiger partial charge in [-0.3, -0.25) is 14.6 Å². The van der Waals surface area contributed by atoms with Gasteiger partial charge in [-0.15, -0.1) is 0 Å². The summed E-state index contributed by atoms with van der Waals surface area (Å²) in [5.41, 5.74) is 0.270. The molecular formula is C12H17N5O2. The molecule has 19 heavy (non-hydrogen) atoms. The molecule has 1 fully saturated rings. The topological polar surface area (TPSA) is 87.2 Å². The second-order valence-corrected chi connectivity index (χ2v) is 4.52. The van der Waals surface area contributed by atoms with Crippen molar-refractivity contribution in [1.82, 2.24) is 20.2 Å². The lowest BCUT2D eigenvalue weighted by atomic mass is 10.1.